The monoisotopic (exact) mass is 182 g/mol. The van der Waals surface area contributed by atoms with E-state index in [1.807, 2.05) is 13.1 Å². The molecule has 0 bridgehead atoms. The third kappa shape index (κ3) is 1.54. The van der Waals surface area contributed by atoms with Gasteiger partial charge in [-0.25, -0.2) is 0 Å². The van der Waals surface area contributed by atoms with Gasteiger partial charge in [0, 0.05) is 5.54 Å². The molecule has 0 aliphatic heterocycles. The third-order valence-electron chi connectivity index (χ3n) is 2.83. The molecule has 1 aliphatic carbocycles. The molecule has 0 saturated carbocycles. The smallest absolute Gasteiger partial charge is 0.193 e. The molecule has 1 rings (SSSR count). The van der Waals surface area contributed by atoms with Crippen LogP contribution in [0.4, 0.5) is 0 Å². The minimum Gasteiger partial charge on any atom is -0.431 e. The zero-order valence-corrected chi connectivity index (χ0v) is 9.60. The van der Waals surface area contributed by atoms with Crippen LogP contribution in [-0.4, -0.2) is 13.1 Å². The lowest BCUT2D eigenvalue weighted by Crippen LogP contribution is -2.31. The highest BCUT2D eigenvalue weighted by molar-refractivity contribution is 6.72. The van der Waals surface area contributed by atoms with Crippen molar-refractivity contribution in [1.82, 2.24) is 0 Å². The Labute approximate surface area is 75.9 Å². The summed E-state index contributed by atoms with van der Waals surface area (Å²) in [6, 6.07) is 0. The minimum absolute atomic E-state index is 0.345. The Morgan fingerprint density at radius 2 is 1.75 bits per heavy atom. The fourth-order valence-corrected chi connectivity index (χ4v) is 3.71. The molecule has 68 valence electrons. The van der Waals surface area contributed by atoms with Gasteiger partial charge in [0.2, 0.25) is 0 Å². The van der Waals surface area contributed by atoms with E-state index in [1.54, 1.807) is 0 Å². The van der Waals surface area contributed by atoms with Crippen LogP contribution in [0.15, 0.2) is 22.8 Å². The quantitative estimate of drug-likeness (QED) is 0.618. The number of allylic oxidation sites excluding steroid dienone is 4. The van der Waals surface area contributed by atoms with Crippen molar-refractivity contribution in [3.8, 4) is 0 Å². The molecule has 0 saturated heterocycles. The SMILES string of the molecule is CC1=CC([Si](C)(C)O)C(C)=C1C. The van der Waals surface area contributed by atoms with E-state index in [-0.39, 0.29) is 0 Å². The lowest BCUT2D eigenvalue weighted by molar-refractivity contribution is 0.543. The maximum Gasteiger partial charge on any atom is 0.193 e. The van der Waals surface area contributed by atoms with Crippen molar-refractivity contribution in [2.24, 2.45) is 0 Å². The molecule has 0 aromatic carbocycles. The summed E-state index contributed by atoms with van der Waals surface area (Å²) < 4.78 is 0. The van der Waals surface area contributed by atoms with Crippen molar-refractivity contribution in [1.29, 1.82) is 0 Å². The van der Waals surface area contributed by atoms with Crippen molar-refractivity contribution < 1.29 is 4.80 Å². The van der Waals surface area contributed by atoms with Gasteiger partial charge in [-0.1, -0.05) is 17.2 Å². The van der Waals surface area contributed by atoms with Crippen LogP contribution in [0.3, 0.4) is 0 Å². The van der Waals surface area contributed by atoms with Gasteiger partial charge < -0.3 is 4.80 Å². The van der Waals surface area contributed by atoms with Crippen LogP contribution in [0.25, 0.3) is 0 Å². The average molecular weight is 182 g/mol. The molecule has 1 atom stereocenters. The first kappa shape index (κ1) is 9.74. The van der Waals surface area contributed by atoms with Gasteiger partial charge in [-0.05, 0) is 39.4 Å². The Morgan fingerprint density at radius 3 is 1.92 bits per heavy atom. The maximum atomic E-state index is 9.98. The number of hydrogen-bond donors (Lipinski definition) is 1. The zero-order chi connectivity index (χ0) is 9.52. The summed E-state index contributed by atoms with van der Waals surface area (Å²) in [5.74, 6) is 0. The van der Waals surface area contributed by atoms with Crippen LogP contribution in [0.5, 0.6) is 0 Å². The summed E-state index contributed by atoms with van der Waals surface area (Å²) in [6.45, 7) is 10.4. The minimum atomic E-state index is -2.01. The molecule has 1 unspecified atom stereocenters. The number of hydrogen-bond acceptors (Lipinski definition) is 1. The van der Waals surface area contributed by atoms with Crippen LogP contribution in [0.1, 0.15) is 20.8 Å². The molecular formula is C10H18OSi. The van der Waals surface area contributed by atoms with E-state index in [0.717, 1.165) is 0 Å². The van der Waals surface area contributed by atoms with Crippen molar-refractivity contribution in [2.45, 2.75) is 39.4 Å². The van der Waals surface area contributed by atoms with Gasteiger partial charge in [0.05, 0.1) is 0 Å². The van der Waals surface area contributed by atoms with Gasteiger partial charge in [-0.15, -0.1) is 0 Å². The fourth-order valence-electron chi connectivity index (χ4n) is 1.78. The van der Waals surface area contributed by atoms with E-state index in [4.69, 9.17) is 0 Å². The molecule has 0 fully saturated rings. The van der Waals surface area contributed by atoms with E-state index in [9.17, 15) is 4.80 Å². The Kier molecular flexibility index (Phi) is 2.32. The summed E-state index contributed by atoms with van der Waals surface area (Å²) in [7, 11) is -2.01. The van der Waals surface area contributed by atoms with E-state index in [2.05, 4.69) is 26.8 Å². The molecule has 12 heavy (non-hydrogen) atoms. The summed E-state index contributed by atoms with van der Waals surface area (Å²) in [5.41, 5.74) is 4.42. The molecule has 0 amide bonds. The standard InChI is InChI=1S/C10H18OSi/c1-7-6-10(12(4,5)11)9(3)8(7)2/h6,10-11H,1-5H3. The van der Waals surface area contributed by atoms with E-state index >= 15 is 0 Å². The first-order valence-electron chi connectivity index (χ1n) is 4.42. The molecule has 0 spiro atoms. The molecule has 0 radical (unpaired) electrons. The van der Waals surface area contributed by atoms with Crippen molar-refractivity contribution in [3.63, 3.8) is 0 Å². The van der Waals surface area contributed by atoms with E-state index in [0.29, 0.717) is 5.54 Å². The highest BCUT2D eigenvalue weighted by atomic mass is 28.4. The van der Waals surface area contributed by atoms with Crippen LogP contribution < -0.4 is 0 Å². The Morgan fingerprint density at radius 1 is 1.25 bits per heavy atom. The van der Waals surface area contributed by atoms with Crippen LogP contribution in [0.2, 0.25) is 18.6 Å². The molecule has 2 heteroatoms. The van der Waals surface area contributed by atoms with Gasteiger partial charge in [0.25, 0.3) is 0 Å². The average Bonchev–Trinajstić information content (AvgIpc) is 2.15. The lowest BCUT2D eigenvalue weighted by atomic mass is 10.1. The second-order valence-electron chi connectivity index (χ2n) is 4.29. The summed E-state index contributed by atoms with van der Waals surface area (Å²) in [5, 5.41) is 0. The molecular weight excluding hydrogens is 164 g/mol. The second kappa shape index (κ2) is 2.86. The molecule has 0 heterocycles. The topological polar surface area (TPSA) is 20.2 Å². The third-order valence-corrected chi connectivity index (χ3v) is 4.95. The van der Waals surface area contributed by atoms with Gasteiger partial charge in [0.15, 0.2) is 8.32 Å². The summed E-state index contributed by atoms with van der Waals surface area (Å²) in [4.78, 5) is 9.98. The fraction of sp³-hybridized carbons (Fsp3) is 0.600. The van der Waals surface area contributed by atoms with Crippen molar-refractivity contribution in [2.75, 3.05) is 0 Å². The predicted octanol–water partition coefficient (Wildman–Crippen LogP) is 2.85. The van der Waals surface area contributed by atoms with Gasteiger partial charge >= 0.3 is 0 Å². The van der Waals surface area contributed by atoms with Crippen LogP contribution in [-0.2, 0) is 0 Å². The number of rotatable bonds is 1. The Balaban J connectivity index is 3.01. The summed E-state index contributed by atoms with van der Waals surface area (Å²) in [6.07, 6.45) is 2.22. The predicted molar refractivity (Wildman–Crippen MR) is 55.6 cm³/mol. The highest BCUT2D eigenvalue weighted by Gasteiger charge is 2.33. The maximum absolute atomic E-state index is 9.98. The largest absolute Gasteiger partial charge is 0.431 e. The lowest BCUT2D eigenvalue weighted by Gasteiger charge is -2.22. The molecule has 0 aromatic rings. The second-order valence-corrected chi connectivity index (χ2v) is 8.22. The van der Waals surface area contributed by atoms with Crippen molar-refractivity contribution >= 4 is 8.32 Å². The first-order valence-corrected chi connectivity index (χ1v) is 7.45. The molecule has 1 aliphatic rings. The first-order chi connectivity index (χ1) is 5.34. The molecule has 0 aromatic heterocycles. The molecule has 1 nitrogen and oxygen atoms in total. The summed E-state index contributed by atoms with van der Waals surface area (Å²) >= 11 is 0. The Hall–Kier alpha value is -0.343. The van der Waals surface area contributed by atoms with Gasteiger partial charge in [0.1, 0.15) is 0 Å². The van der Waals surface area contributed by atoms with Crippen molar-refractivity contribution in [3.05, 3.63) is 22.8 Å². The highest BCUT2D eigenvalue weighted by Crippen LogP contribution is 2.39. The van der Waals surface area contributed by atoms with E-state index in [1.165, 1.54) is 16.7 Å². The van der Waals surface area contributed by atoms with E-state index < -0.39 is 8.32 Å². The Bertz CT molecular complexity index is 256. The molecule has 1 N–H and O–H groups in total. The normalized spacial score (nSPS) is 24.8. The van der Waals surface area contributed by atoms with Gasteiger partial charge in [-0.3, -0.25) is 0 Å². The van der Waals surface area contributed by atoms with Crippen LogP contribution >= 0.6 is 0 Å². The van der Waals surface area contributed by atoms with Crippen LogP contribution in [0, 0.1) is 0 Å². The van der Waals surface area contributed by atoms with Gasteiger partial charge in [-0.2, -0.15) is 0 Å². The zero-order valence-electron chi connectivity index (χ0n) is 8.60.